The number of amides is 1. The van der Waals surface area contributed by atoms with Crippen LogP contribution in [0.2, 0.25) is 0 Å². The Morgan fingerprint density at radius 1 is 1.15 bits per heavy atom. The largest absolute Gasteiger partial charge is 0.342 e. The zero-order valence-electron chi connectivity index (χ0n) is 15.7. The number of nitrogens with two attached hydrogens (primary N) is 1. The Balaban J connectivity index is 0.00000131. The first-order chi connectivity index (χ1) is 12.1. The van der Waals surface area contributed by atoms with E-state index in [9.17, 15) is 4.79 Å². The van der Waals surface area contributed by atoms with Crippen LogP contribution in [0.4, 0.5) is 0 Å². The number of carbonyl (C=O) groups excluding carboxylic acids is 1. The molecule has 0 radical (unpaired) electrons. The lowest BCUT2D eigenvalue weighted by Crippen LogP contribution is -2.54. The van der Waals surface area contributed by atoms with Crippen LogP contribution in [-0.2, 0) is 4.79 Å². The van der Waals surface area contributed by atoms with Gasteiger partial charge in [-0.1, -0.05) is 18.9 Å². The van der Waals surface area contributed by atoms with E-state index in [-0.39, 0.29) is 42.2 Å². The first-order valence-electron chi connectivity index (χ1n) is 9.43. The van der Waals surface area contributed by atoms with Crippen LogP contribution in [0.5, 0.6) is 0 Å². The number of carbonyl (C=O) groups is 1. The van der Waals surface area contributed by atoms with Gasteiger partial charge in [-0.25, -0.2) is 0 Å². The topological polar surface area (TPSA) is 76.5 Å². The fourth-order valence-corrected chi connectivity index (χ4v) is 4.48. The van der Waals surface area contributed by atoms with Gasteiger partial charge in [-0.2, -0.15) is 0 Å². The molecule has 2 fully saturated rings. The zero-order chi connectivity index (χ0) is 17.4. The molecule has 1 amide bonds. The van der Waals surface area contributed by atoms with E-state index < -0.39 is 0 Å². The Hall–Kier alpha value is -1.37. The zero-order valence-corrected chi connectivity index (χ0v) is 17.3. The summed E-state index contributed by atoms with van der Waals surface area (Å²) in [5, 5.41) is 8.65. The lowest BCUT2D eigenvalue weighted by molar-refractivity contribution is -0.140. The van der Waals surface area contributed by atoms with E-state index in [1.54, 1.807) is 0 Å². The highest BCUT2D eigenvalue weighted by Gasteiger charge is 2.40. The van der Waals surface area contributed by atoms with Crippen molar-refractivity contribution >= 4 is 36.4 Å². The predicted octanol–water partition coefficient (Wildman–Crippen LogP) is 3.19. The van der Waals surface area contributed by atoms with Crippen LogP contribution in [-0.4, -0.2) is 44.0 Å². The van der Waals surface area contributed by atoms with Gasteiger partial charge in [0.2, 0.25) is 5.91 Å². The molecule has 2 aliphatic rings. The van der Waals surface area contributed by atoms with Crippen LogP contribution in [0.1, 0.15) is 57.2 Å². The Labute approximate surface area is 172 Å². The molecular formula is C19H29Cl2N5O. The first kappa shape index (κ1) is 21.9. The summed E-state index contributed by atoms with van der Waals surface area (Å²) in [6.07, 6.45) is 8.03. The van der Waals surface area contributed by atoms with E-state index in [1.165, 1.54) is 0 Å². The Morgan fingerprint density at radius 2 is 1.89 bits per heavy atom. The SMILES string of the molecule is CC1(N)CCCCC1C(=O)N1CCC(c2nnc3ccccn23)CC1.Cl.Cl. The Kier molecular flexibility index (Phi) is 7.11. The maximum atomic E-state index is 13.0. The molecule has 27 heavy (non-hydrogen) atoms. The second-order valence-electron chi connectivity index (χ2n) is 7.89. The molecule has 8 heteroatoms. The molecule has 150 valence electrons. The third kappa shape index (κ3) is 4.23. The van der Waals surface area contributed by atoms with Crippen LogP contribution < -0.4 is 5.73 Å². The molecule has 3 heterocycles. The summed E-state index contributed by atoms with van der Waals surface area (Å²) in [4.78, 5) is 15.0. The van der Waals surface area contributed by atoms with Crippen LogP contribution in [0.25, 0.3) is 5.65 Å². The number of aromatic nitrogens is 3. The lowest BCUT2D eigenvalue weighted by atomic mass is 9.73. The minimum Gasteiger partial charge on any atom is -0.342 e. The molecule has 2 unspecified atom stereocenters. The van der Waals surface area contributed by atoms with Crippen LogP contribution in [0, 0.1) is 5.92 Å². The molecule has 0 spiro atoms. The highest BCUT2D eigenvalue weighted by Crippen LogP contribution is 2.35. The average molecular weight is 414 g/mol. The van der Waals surface area contributed by atoms with Crippen molar-refractivity contribution in [1.29, 1.82) is 0 Å². The van der Waals surface area contributed by atoms with Gasteiger partial charge >= 0.3 is 0 Å². The van der Waals surface area contributed by atoms with Crippen LogP contribution in [0.15, 0.2) is 24.4 Å². The van der Waals surface area contributed by atoms with Gasteiger partial charge in [-0.05, 0) is 44.7 Å². The molecule has 0 bridgehead atoms. The molecule has 2 aromatic rings. The number of pyridine rings is 1. The highest BCUT2D eigenvalue weighted by atomic mass is 35.5. The van der Waals surface area contributed by atoms with Crippen molar-refractivity contribution in [1.82, 2.24) is 19.5 Å². The van der Waals surface area contributed by atoms with Gasteiger partial charge in [-0.3, -0.25) is 9.20 Å². The van der Waals surface area contributed by atoms with Gasteiger partial charge in [0.1, 0.15) is 5.82 Å². The fraction of sp³-hybridized carbons (Fsp3) is 0.632. The van der Waals surface area contributed by atoms with E-state index in [1.807, 2.05) is 36.2 Å². The van der Waals surface area contributed by atoms with Crippen molar-refractivity contribution in [2.75, 3.05) is 13.1 Å². The van der Waals surface area contributed by atoms with Crippen LogP contribution in [0.3, 0.4) is 0 Å². The molecule has 1 saturated heterocycles. The monoisotopic (exact) mass is 413 g/mol. The molecule has 0 aromatic carbocycles. The maximum absolute atomic E-state index is 13.0. The van der Waals surface area contributed by atoms with Gasteiger partial charge in [0.05, 0.1) is 5.92 Å². The van der Waals surface area contributed by atoms with Crippen molar-refractivity contribution in [3.8, 4) is 0 Å². The number of fused-ring (bicyclic) bond motifs is 1. The number of nitrogens with zero attached hydrogens (tertiary/aromatic N) is 4. The summed E-state index contributed by atoms with van der Waals surface area (Å²) in [5.41, 5.74) is 6.96. The molecule has 1 aliphatic heterocycles. The summed E-state index contributed by atoms with van der Waals surface area (Å²) in [6, 6.07) is 5.95. The summed E-state index contributed by atoms with van der Waals surface area (Å²) in [5.74, 6) is 1.61. The molecule has 1 saturated carbocycles. The molecule has 6 nitrogen and oxygen atoms in total. The van der Waals surface area contributed by atoms with Gasteiger partial charge < -0.3 is 10.6 Å². The third-order valence-corrected chi connectivity index (χ3v) is 6.06. The Bertz CT molecular complexity index is 770. The van der Waals surface area contributed by atoms with Gasteiger partial charge in [-0.15, -0.1) is 35.0 Å². The molecular weight excluding hydrogens is 385 g/mol. The van der Waals surface area contributed by atoms with Crippen molar-refractivity contribution in [3.63, 3.8) is 0 Å². The number of likely N-dealkylation sites (tertiary alicyclic amines) is 1. The van der Waals surface area contributed by atoms with Gasteiger partial charge in [0, 0.05) is 30.7 Å². The minimum absolute atomic E-state index is 0. The smallest absolute Gasteiger partial charge is 0.227 e. The predicted molar refractivity (Wildman–Crippen MR) is 111 cm³/mol. The molecule has 2 aromatic heterocycles. The summed E-state index contributed by atoms with van der Waals surface area (Å²) >= 11 is 0. The number of hydrogen-bond donors (Lipinski definition) is 1. The van der Waals surface area contributed by atoms with E-state index in [0.29, 0.717) is 5.92 Å². The number of hydrogen-bond acceptors (Lipinski definition) is 4. The second-order valence-corrected chi connectivity index (χ2v) is 7.89. The minimum atomic E-state index is -0.352. The third-order valence-electron chi connectivity index (χ3n) is 6.06. The molecule has 2 atom stereocenters. The number of halogens is 2. The van der Waals surface area contributed by atoms with Crippen molar-refractivity contribution in [3.05, 3.63) is 30.2 Å². The molecule has 4 rings (SSSR count). The van der Waals surface area contributed by atoms with E-state index in [4.69, 9.17) is 5.73 Å². The van der Waals surface area contributed by atoms with Gasteiger partial charge in [0.25, 0.3) is 0 Å². The van der Waals surface area contributed by atoms with Crippen LogP contribution >= 0.6 is 24.8 Å². The fourth-order valence-electron chi connectivity index (χ4n) is 4.48. The highest BCUT2D eigenvalue weighted by molar-refractivity contribution is 5.85. The molecule has 2 N–H and O–H groups in total. The molecule has 1 aliphatic carbocycles. The quantitative estimate of drug-likeness (QED) is 0.819. The van der Waals surface area contributed by atoms with Crippen molar-refractivity contribution in [2.24, 2.45) is 11.7 Å². The first-order valence-corrected chi connectivity index (χ1v) is 9.43. The maximum Gasteiger partial charge on any atom is 0.227 e. The summed E-state index contributed by atoms with van der Waals surface area (Å²) in [6.45, 7) is 3.62. The normalized spacial score (nSPS) is 26.3. The average Bonchev–Trinajstić information content (AvgIpc) is 3.05. The summed E-state index contributed by atoms with van der Waals surface area (Å²) < 4.78 is 2.07. The van der Waals surface area contributed by atoms with Gasteiger partial charge in [0.15, 0.2) is 5.65 Å². The second kappa shape index (κ2) is 8.76. The standard InChI is InChI=1S/C19H27N5O.2ClH/c1-19(20)10-4-2-6-15(19)18(25)23-12-8-14(9-13-23)17-22-21-16-7-3-5-11-24(16)17;;/h3,5,7,11,14-15H,2,4,6,8-10,12-13,20H2,1H3;2*1H. The van der Waals surface area contributed by atoms with Crippen molar-refractivity contribution < 1.29 is 4.79 Å². The van der Waals surface area contributed by atoms with E-state index in [2.05, 4.69) is 14.6 Å². The number of piperidine rings is 1. The summed E-state index contributed by atoms with van der Waals surface area (Å²) in [7, 11) is 0. The van der Waals surface area contributed by atoms with E-state index in [0.717, 1.165) is 63.1 Å². The van der Waals surface area contributed by atoms with E-state index >= 15 is 0 Å². The number of rotatable bonds is 2. The Morgan fingerprint density at radius 3 is 2.59 bits per heavy atom. The lowest BCUT2D eigenvalue weighted by Gasteiger charge is -2.41. The van der Waals surface area contributed by atoms with Crippen molar-refractivity contribution in [2.45, 2.75) is 56.9 Å².